The number of pyridine rings is 3. The predicted molar refractivity (Wildman–Crippen MR) is 241 cm³/mol. The lowest BCUT2D eigenvalue weighted by molar-refractivity contribution is 1.20. The van der Waals surface area contributed by atoms with Gasteiger partial charge in [-0.2, -0.15) is 0 Å². The summed E-state index contributed by atoms with van der Waals surface area (Å²) in [4.78, 5) is 15.2. The second-order valence-corrected chi connectivity index (χ2v) is 11.3. The maximum absolute atomic E-state index is 4.30. The van der Waals surface area contributed by atoms with Crippen LogP contribution in [0.25, 0.3) is 36.5 Å². The first-order valence-corrected chi connectivity index (χ1v) is 15.4. The summed E-state index contributed by atoms with van der Waals surface area (Å²) < 4.78 is 0. The van der Waals surface area contributed by atoms with Gasteiger partial charge in [-0.3, -0.25) is 15.0 Å². The molecule has 0 amide bonds. The summed E-state index contributed by atoms with van der Waals surface area (Å²) in [6.45, 7) is 6.03. The molecule has 0 spiro atoms. The average Bonchev–Trinajstić information content (AvgIpc) is 3.07. The largest absolute Gasteiger partial charge is 0.311 e. The average molecular weight is 981 g/mol. The first kappa shape index (κ1) is 39.8. The van der Waals surface area contributed by atoms with Crippen molar-refractivity contribution < 1.29 is 0 Å². The highest BCUT2D eigenvalue weighted by atomic mass is 127. The van der Waals surface area contributed by atoms with Crippen molar-refractivity contribution in [1.82, 2.24) is 15.0 Å². The third kappa shape index (κ3) is 11.4. The quantitative estimate of drug-likeness (QED) is 0.135. The van der Waals surface area contributed by atoms with Crippen LogP contribution in [-0.4, -0.2) is 15.0 Å². The van der Waals surface area contributed by atoms with Gasteiger partial charge in [0.1, 0.15) is 0 Å². The number of aromatic nitrogens is 3. The number of benzene rings is 3. The van der Waals surface area contributed by atoms with Gasteiger partial charge in [-0.25, -0.2) is 0 Å². The number of anilines is 3. The molecule has 0 bridgehead atoms. The van der Waals surface area contributed by atoms with Crippen molar-refractivity contribution in [1.29, 1.82) is 0 Å². The minimum Gasteiger partial charge on any atom is -0.311 e. The van der Waals surface area contributed by atoms with Crippen molar-refractivity contribution in [3.05, 3.63) is 178 Å². The highest BCUT2D eigenvalue weighted by Gasteiger charge is 2.12. The Balaban J connectivity index is 0.00000217. The number of nitrogens with zero attached hydrogens (tertiary/aromatic N) is 4. The number of aryl methyl sites for hydroxylation is 3. The molecule has 0 aliphatic rings. The van der Waals surface area contributed by atoms with Crippen LogP contribution in [-0.2, 0) is 0 Å². The molecule has 6 aromatic rings. The number of hydrogen-bond donors (Lipinski definition) is 0. The molecule has 4 nitrogen and oxygen atoms in total. The van der Waals surface area contributed by atoms with Crippen molar-refractivity contribution in [3.8, 4) is 0 Å². The van der Waals surface area contributed by atoms with E-state index in [4.69, 9.17) is 0 Å². The van der Waals surface area contributed by atoms with Crippen molar-refractivity contribution in [2.75, 3.05) is 4.90 Å². The molecule has 0 saturated carbocycles. The van der Waals surface area contributed by atoms with Crippen LogP contribution in [0.5, 0.6) is 0 Å². The van der Waals surface area contributed by atoms with Crippen LogP contribution in [0.15, 0.2) is 128 Å². The molecule has 0 atom stereocenters. The Kier molecular flexibility index (Phi) is 15.8. The fraction of sp³-hybridized carbons (Fsp3) is 0.0714. The Hall–Kier alpha value is -3.68. The SMILES string of the molecule is Cc1cc(C=Cc2ccc(N(c3ccc(C=Cc4ccnc(C)c4)cc3)c3ccc(C=Cc4ccnc(C)c4)cc3)cc2)ccn1.I.I.I. The highest BCUT2D eigenvalue weighted by molar-refractivity contribution is 14.0. The Bertz CT molecular complexity index is 1780. The van der Waals surface area contributed by atoms with Crippen LogP contribution < -0.4 is 4.90 Å². The van der Waals surface area contributed by atoms with E-state index in [1.165, 1.54) is 0 Å². The predicted octanol–water partition coefficient (Wildman–Crippen LogP) is 12.6. The maximum Gasteiger partial charge on any atom is 0.0462 e. The summed E-state index contributed by atoms with van der Waals surface area (Å²) in [7, 11) is 0. The molecule has 0 radical (unpaired) electrons. The summed E-state index contributed by atoms with van der Waals surface area (Å²) in [5.41, 5.74) is 13.1. The molecule has 0 unspecified atom stereocenters. The van der Waals surface area contributed by atoms with E-state index in [9.17, 15) is 0 Å². The molecule has 0 aliphatic carbocycles. The van der Waals surface area contributed by atoms with E-state index < -0.39 is 0 Å². The fourth-order valence-corrected chi connectivity index (χ4v) is 5.24. The van der Waals surface area contributed by atoms with Gasteiger partial charge >= 0.3 is 0 Å². The van der Waals surface area contributed by atoms with Gasteiger partial charge in [0.15, 0.2) is 0 Å². The van der Waals surface area contributed by atoms with E-state index in [1.54, 1.807) is 0 Å². The molecule has 3 aromatic carbocycles. The van der Waals surface area contributed by atoms with Crippen LogP contribution in [0.1, 0.15) is 50.5 Å². The molecule has 0 fully saturated rings. The zero-order valence-corrected chi connectivity index (χ0v) is 34.6. The first-order valence-electron chi connectivity index (χ1n) is 15.4. The van der Waals surface area contributed by atoms with Crippen molar-refractivity contribution in [2.24, 2.45) is 0 Å². The molecule has 49 heavy (non-hydrogen) atoms. The Morgan fingerprint density at radius 1 is 0.347 bits per heavy atom. The van der Waals surface area contributed by atoms with E-state index in [0.717, 1.165) is 67.5 Å². The Labute approximate surface area is 341 Å². The van der Waals surface area contributed by atoms with Crippen LogP contribution >= 0.6 is 71.9 Å². The van der Waals surface area contributed by atoms with E-state index in [1.807, 2.05) is 57.6 Å². The summed E-state index contributed by atoms with van der Waals surface area (Å²) in [6.07, 6.45) is 18.3. The molecule has 3 heterocycles. The van der Waals surface area contributed by atoms with Crippen LogP contribution in [0.2, 0.25) is 0 Å². The summed E-state index contributed by atoms with van der Waals surface area (Å²) in [6, 6.07) is 38.3. The topological polar surface area (TPSA) is 41.9 Å². The van der Waals surface area contributed by atoms with Crippen molar-refractivity contribution in [3.63, 3.8) is 0 Å². The molecule has 7 heteroatoms. The first-order chi connectivity index (χ1) is 22.5. The van der Waals surface area contributed by atoms with Gasteiger partial charge in [0.2, 0.25) is 0 Å². The second kappa shape index (κ2) is 19.5. The normalized spacial score (nSPS) is 10.8. The van der Waals surface area contributed by atoms with Crippen LogP contribution in [0.3, 0.4) is 0 Å². The minimum atomic E-state index is 0. The number of rotatable bonds is 9. The third-order valence-corrected chi connectivity index (χ3v) is 7.62. The fourth-order valence-electron chi connectivity index (χ4n) is 5.24. The molecule has 0 aliphatic heterocycles. The van der Waals surface area contributed by atoms with Gasteiger partial charge in [-0.05, 0) is 127 Å². The highest BCUT2D eigenvalue weighted by Crippen LogP contribution is 2.35. The van der Waals surface area contributed by atoms with Gasteiger partial charge in [-0.1, -0.05) is 72.9 Å². The molecule has 0 saturated heterocycles. The smallest absolute Gasteiger partial charge is 0.0462 e. The van der Waals surface area contributed by atoms with E-state index in [-0.39, 0.29) is 71.9 Å². The van der Waals surface area contributed by atoms with Gasteiger partial charge in [0.05, 0.1) is 0 Å². The molecule has 3 aromatic heterocycles. The number of halogens is 3. The Morgan fingerprint density at radius 2 is 0.592 bits per heavy atom. The summed E-state index contributed by atoms with van der Waals surface area (Å²) >= 11 is 0. The van der Waals surface area contributed by atoms with Gasteiger partial charge in [0.25, 0.3) is 0 Å². The number of hydrogen-bond acceptors (Lipinski definition) is 4. The molecule has 248 valence electrons. The lowest BCUT2D eigenvalue weighted by Crippen LogP contribution is -2.09. The molecule has 0 N–H and O–H groups in total. The minimum absolute atomic E-state index is 0. The monoisotopic (exact) mass is 980 g/mol. The lowest BCUT2D eigenvalue weighted by atomic mass is 10.1. The zero-order valence-electron chi connectivity index (χ0n) is 27.6. The molecular formula is C42H39I3N4. The van der Waals surface area contributed by atoms with Gasteiger partial charge in [-0.15, -0.1) is 71.9 Å². The maximum atomic E-state index is 4.30. The van der Waals surface area contributed by atoms with Crippen molar-refractivity contribution >= 4 is 125 Å². The lowest BCUT2D eigenvalue weighted by Gasteiger charge is -2.26. The van der Waals surface area contributed by atoms with E-state index in [2.05, 4.69) is 147 Å². The van der Waals surface area contributed by atoms with E-state index in [0.29, 0.717) is 0 Å². The van der Waals surface area contributed by atoms with Gasteiger partial charge in [0, 0.05) is 52.7 Å². The Morgan fingerprint density at radius 3 is 0.837 bits per heavy atom. The molecular weight excluding hydrogens is 941 g/mol. The standard InChI is InChI=1S/C42H36N4.3HI/c1-31-28-37(22-25-43-31)7-4-34-10-16-40(17-11-34)46(41-18-12-35(13-19-41)5-8-38-23-26-44-32(2)29-38)42-20-14-36(15-21-42)6-9-39-24-27-45-33(3)30-39;;;/h4-30H,1-3H3;3*1H. The van der Waals surface area contributed by atoms with Crippen molar-refractivity contribution in [2.45, 2.75) is 20.8 Å². The molecule has 6 rings (SSSR count). The van der Waals surface area contributed by atoms with Crippen LogP contribution in [0, 0.1) is 20.8 Å². The van der Waals surface area contributed by atoms with Crippen LogP contribution in [0.4, 0.5) is 17.1 Å². The zero-order chi connectivity index (χ0) is 31.7. The summed E-state index contributed by atoms with van der Waals surface area (Å²) in [5.74, 6) is 0. The summed E-state index contributed by atoms with van der Waals surface area (Å²) in [5, 5.41) is 0. The third-order valence-electron chi connectivity index (χ3n) is 7.62. The van der Waals surface area contributed by atoms with E-state index >= 15 is 0 Å². The van der Waals surface area contributed by atoms with Gasteiger partial charge < -0.3 is 4.90 Å². The second-order valence-electron chi connectivity index (χ2n) is 11.3.